The molecule has 1 aromatic rings. The highest BCUT2D eigenvalue weighted by Gasteiger charge is 2.19. The van der Waals surface area contributed by atoms with Crippen LogP contribution < -0.4 is 15.4 Å². The molecular formula is C15H22Cl2N2O2. The molecule has 0 saturated heterocycles. The number of ether oxygens (including phenoxy) is 1. The molecule has 0 unspecified atom stereocenters. The Bertz CT molecular complexity index is 505. The van der Waals surface area contributed by atoms with Gasteiger partial charge in [-0.15, -0.1) is 0 Å². The summed E-state index contributed by atoms with van der Waals surface area (Å²) in [6, 6.07) is 3.37. The Morgan fingerprint density at radius 2 is 2.00 bits per heavy atom. The van der Waals surface area contributed by atoms with Gasteiger partial charge in [0.05, 0.1) is 5.02 Å². The number of amides is 1. The predicted molar refractivity (Wildman–Crippen MR) is 87.2 cm³/mol. The Hall–Kier alpha value is -0.970. The van der Waals surface area contributed by atoms with E-state index in [9.17, 15) is 4.79 Å². The Balaban J connectivity index is 2.77. The van der Waals surface area contributed by atoms with Crippen LogP contribution in [-0.2, 0) is 11.3 Å². The van der Waals surface area contributed by atoms with Gasteiger partial charge in [0.25, 0.3) is 5.91 Å². The fourth-order valence-electron chi connectivity index (χ4n) is 1.74. The third kappa shape index (κ3) is 5.73. The van der Waals surface area contributed by atoms with Crippen LogP contribution in [0.25, 0.3) is 0 Å². The molecule has 0 spiro atoms. The lowest BCUT2D eigenvalue weighted by atomic mass is 10.0. The van der Waals surface area contributed by atoms with Crippen molar-refractivity contribution in [2.24, 2.45) is 0 Å². The molecule has 2 N–H and O–H groups in total. The van der Waals surface area contributed by atoms with Crippen molar-refractivity contribution >= 4 is 29.1 Å². The number of hydrogen-bond acceptors (Lipinski definition) is 3. The lowest BCUT2D eigenvalue weighted by Crippen LogP contribution is -2.45. The van der Waals surface area contributed by atoms with Gasteiger partial charge in [0.1, 0.15) is 5.75 Å². The molecule has 118 valence electrons. The lowest BCUT2D eigenvalue weighted by Gasteiger charge is -2.24. The second-order valence-electron chi connectivity index (χ2n) is 5.48. The van der Waals surface area contributed by atoms with E-state index in [-0.39, 0.29) is 18.1 Å². The lowest BCUT2D eigenvalue weighted by molar-refractivity contribution is -0.124. The zero-order valence-corrected chi connectivity index (χ0v) is 14.4. The summed E-state index contributed by atoms with van der Waals surface area (Å²) in [4.78, 5) is 11.9. The summed E-state index contributed by atoms with van der Waals surface area (Å²) in [6.07, 6.45) is 0.839. The molecule has 0 atom stereocenters. The van der Waals surface area contributed by atoms with Gasteiger partial charge in [-0.3, -0.25) is 4.79 Å². The SMILES string of the molecule is CCC(C)(C)NC(=O)COc1c(Cl)cc(Cl)cc1CNC. The molecule has 0 heterocycles. The van der Waals surface area contributed by atoms with Gasteiger partial charge in [-0.25, -0.2) is 0 Å². The van der Waals surface area contributed by atoms with Crippen LogP contribution in [0.2, 0.25) is 10.0 Å². The summed E-state index contributed by atoms with van der Waals surface area (Å²) in [6.45, 7) is 6.42. The van der Waals surface area contributed by atoms with E-state index >= 15 is 0 Å². The molecule has 0 saturated carbocycles. The Kier molecular flexibility index (Phi) is 6.78. The zero-order chi connectivity index (χ0) is 16.0. The van der Waals surface area contributed by atoms with Crippen LogP contribution in [0, 0.1) is 0 Å². The Morgan fingerprint density at radius 1 is 1.33 bits per heavy atom. The van der Waals surface area contributed by atoms with E-state index in [4.69, 9.17) is 27.9 Å². The van der Waals surface area contributed by atoms with E-state index in [0.717, 1.165) is 12.0 Å². The fourth-order valence-corrected chi connectivity index (χ4v) is 2.33. The van der Waals surface area contributed by atoms with Crippen molar-refractivity contribution in [3.63, 3.8) is 0 Å². The third-order valence-corrected chi connectivity index (χ3v) is 3.66. The molecule has 0 aliphatic rings. The summed E-state index contributed by atoms with van der Waals surface area (Å²) in [7, 11) is 1.81. The van der Waals surface area contributed by atoms with E-state index in [0.29, 0.717) is 22.3 Å². The smallest absolute Gasteiger partial charge is 0.258 e. The molecule has 21 heavy (non-hydrogen) atoms. The number of halogens is 2. The van der Waals surface area contributed by atoms with Gasteiger partial charge in [-0.2, -0.15) is 0 Å². The molecule has 1 amide bonds. The quantitative estimate of drug-likeness (QED) is 0.804. The minimum atomic E-state index is -0.252. The van der Waals surface area contributed by atoms with Gasteiger partial charge < -0.3 is 15.4 Å². The Morgan fingerprint density at radius 3 is 2.57 bits per heavy atom. The molecule has 1 aromatic carbocycles. The summed E-state index contributed by atoms with van der Waals surface area (Å²) in [5.74, 6) is 0.308. The van der Waals surface area contributed by atoms with E-state index < -0.39 is 0 Å². The van der Waals surface area contributed by atoms with Crippen LogP contribution in [0.15, 0.2) is 12.1 Å². The second-order valence-corrected chi connectivity index (χ2v) is 6.32. The first-order valence-electron chi connectivity index (χ1n) is 6.85. The van der Waals surface area contributed by atoms with Crippen molar-refractivity contribution in [2.45, 2.75) is 39.3 Å². The van der Waals surface area contributed by atoms with E-state index in [1.165, 1.54) is 0 Å². The maximum absolute atomic E-state index is 11.9. The van der Waals surface area contributed by atoms with Crippen molar-refractivity contribution in [1.29, 1.82) is 0 Å². The molecular weight excluding hydrogens is 311 g/mol. The van der Waals surface area contributed by atoms with Crippen LogP contribution in [0.1, 0.15) is 32.8 Å². The van der Waals surface area contributed by atoms with Crippen molar-refractivity contribution in [1.82, 2.24) is 10.6 Å². The molecule has 0 aliphatic carbocycles. The zero-order valence-electron chi connectivity index (χ0n) is 12.8. The van der Waals surface area contributed by atoms with Crippen LogP contribution in [0.4, 0.5) is 0 Å². The van der Waals surface area contributed by atoms with Gasteiger partial charge in [0.15, 0.2) is 6.61 Å². The van der Waals surface area contributed by atoms with Gasteiger partial charge in [0, 0.05) is 22.7 Å². The number of carbonyl (C=O) groups is 1. The van der Waals surface area contributed by atoms with Gasteiger partial charge >= 0.3 is 0 Å². The summed E-state index contributed by atoms with van der Waals surface area (Å²) < 4.78 is 5.59. The number of hydrogen-bond donors (Lipinski definition) is 2. The highest BCUT2D eigenvalue weighted by Crippen LogP contribution is 2.32. The number of carbonyl (C=O) groups excluding carboxylic acids is 1. The van der Waals surface area contributed by atoms with Crippen LogP contribution >= 0.6 is 23.2 Å². The maximum atomic E-state index is 11.9. The molecule has 1 rings (SSSR count). The average Bonchev–Trinajstić information content (AvgIpc) is 2.37. The van der Waals surface area contributed by atoms with Gasteiger partial charge in [-0.05, 0) is 39.4 Å². The molecule has 0 aliphatic heterocycles. The van der Waals surface area contributed by atoms with Crippen LogP contribution in [0.5, 0.6) is 5.75 Å². The standard InChI is InChI=1S/C15H22Cl2N2O2/c1-5-15(2,3)19-13(20)9-21-14-10(8-18-4)6-11(16)7-12(14)17/h6-7,18H,5,8-9H2,1-4H3,(H,19,20). The monoisotopic (exact) mass is 332 g/mol. The topological polar surface area (TPSA) is 50.4 Å². The highest BCUT2D eigenvalue weighted by molar-refractivity contribution is 6.35. The number of benzene rings is 1. The van der Waals surface area contributed by atoms with E-state index in [1.54, 1.807) is 12.1 Å². The fraction of sp³-hybridized carbons (Fsp3) is 0.533. The van der Waals surface area contributed by atoms with Crippen LogP contribution in [0.3, 0.4) is 0 Å². The normalized spacial score (nSPS) is 11.3. The highest BCUT2D eigenvalue weighted by atomic mass is 35.5. The molecule has 6 heteroatoms. The Labute approximate surface area is 136 Å². The molecule has 0 fully saturated rings. The largest absolute Gasteiger partial charge is 0.482 e. The first-order valence-corrected chi connectivity index (χ1v) is 7.61. The molecule has 0 bridgehead atoms. The summed E-state index contributed by atoms with van der Waals surface area (Å²) >= 11 is 12.1. The van der Waals surface area contributed by atoms with Gasteiger partial charge in [0.2, 0.25) is 0 Å². The predicted octanol–water partition coefficient (Wildman–Crippen LogP) is 3.40. The maximum Gasteiger partial charge on any atom is 0.258 e. The summed E-state index contributed by atoms with van der Waals surface area (Å²) in [5, 5.41) is 6.86. The van der Waals surface area contributed by atoms with E-state index in [2.05, 4.69) is 10.6 Å². The second kappa shape index (κ2) is 7.87. The molecule has 0 aromatic heterocycles. The van der Waals surface area contributed by atoms with Crippen molar-refractivity contribution in [2.75, 3.05) is 13.7 Å². The molecule has 0 radical (unpaired) electrons. The van der Waals surface area contributed by atoms with Crippen LogP contribution in [-0.4, -0.2) is 25.1 Å². The number of nitrogens with one attached hydrogen (secondary N) is 2. The minimum absolute atomic E-state index is 0.0818. The average molecular weight is 333 g/mol. The first-order chi connectivity index (χ1) is 9.79. The van der Waals surface area contributed by atoms with Crippen molar-refractivity contribution in [3.8, 4) is 5.75 Å². The van der Waals surface area contributed by atoms with Crippen molar-refractivity contribution in [3.05, 3.63) is 27.7 Å². The molecule has 4 nitrogen and oxygen atoms in total. The van der Waals surface area contributed by atoms with E-state index in [1.807, 2.05) is 27.8 Å². The number of rotatable bonds is 7. The van der Waals surface area contributed by atoms with Crippen molar-refractivity contribution < 1.29 is 9.53 Å². The third-order valence-electron chi connectivity index (χ3n) is 3.16. The summed E-state index contributed by atoms with van der Waals surface area (Å²) in [5.41, 5.74) is 0.565. The minimum Gasteiger partial charge on any atom is -0.482 e. The van der Waals surface area contributed by atoms with Gasteiger partial charge in [-0.1, -0.05) is 30.1 Å². The first kappa shape index (κ1) is 18.1.